The zero-order valence-corrected chi connectivity index (χ0v) is 15.3. The SMILES string of the molecule is Cc1ccc(C(=O)NC2CCN(C(=O)CCC(C)N)CC2)s1.Cl. The van der Waals surface area contributed by atoms with Gasteiger partial charge in [-0.05, 0) is 45.2 Å². The Kier molecular flexibility index (Phi) is 8.02. The number of hydrogen-bond donors (Lipinski definition) is 2. The van der Waals surface area contributed by atoms with Crippen LogP contribution >= 0.6 is 23.7 Å². The van der Waals surface area contributed by atoms with E-state index in [4.69, 9.17) is 5.73 Å². The van der Waals surface area contributed by atoms with Crippen LogP contribution in [-0.4, -0.2) is 41.9 Å². The molecule has 2 amide bonds. The number of thiophene rings is 1. The number of hydrogen-bond acceptors (Lipinski definition) is 4. The molecule has 1 unspecified atom stereocenters. The number of nitrogens with zero attached hydrogens (tertiary/aromatic N) is 1. The van der Waals surface area contributed by atoms with E-state index in [2.05, 4.69) is 5.32 Å². The molecule has 2 rings (SSSR count). The van der Waals surface area contributed by atoms with Crippen molar-refractivity contribution in [2.24, 2.45) is 5.73 Å². The Bertz CT molecular complexity index is 525. The molecule has 1 atom stereocenters. The highest BCUT2D eigenvalue weighted by Gasteiger charge is 2.24. The lowest BCUT2D eigenvalue weighted by atomic mass is 10.0. The van der Waals surface area contributed by atoms with Crippen LogP contribution in [0.4, 0.5) is 0 Å². The Morgan fingerprint density at radius 1 is 1.39 bits per heavy atom. The Balaban J connectivity index is 0.00000264. The summed E-state index contributed by atoms with van der Waals surface area (Å²) in [4.78, 5) is 27.9. The molecule has 1 aromatic heterocycles. The first-order chi connectivity index (χ1) is 10.5. The van der Waals surface area contributed by atoms with Gasteiger partial charge in [0.05, 0.1) is 4.88 Å². The maximum absolute atomic E-state index is 12.1. The summed E-state index contributed by atoms with van der Waals surface area (Å²) in [6.45, 7) is 5.34. The molecule has 1 aromatic rings. The van der Waals surface area contributed by atoms with E-state index in [0.717, 1.165) is 29.0 Å². The molecule has 0 spiro atoms. The van der Waals surface area contributed by atoms with E-state index in [9.17, 15) is 9.59 Å². The summed E-state index contributed by atoms with van der Waals surface area (Å²) in [5.41, 5.74) is 5.69. The third-order valence-electron chi connectivity index (χ3n) is 3.96. The monoisotopic (exact) mass is 359 g/mol. The number of piperidine rings is 1. The van der Waals surface area contributed by atoms with Crippen LogP contribution in [0.1, 0.15) is 47.2 Å². The molecule has 0 aliphatic carbocycles. The first kappa shape index (κ1) is 19.9. The second-order valence-electron chi connectivity index (χ2n) is 6.05. The van der Waals surface area contributed by atoms with Gasteiger partial charge in [0.25, 0.3) is 5.91 Å². The molecule has 1 aliphatic rings. The normalized spacial score (nSPS) is 16.6. The highest BCUT2D eigenvalue weighted by molar-refractivity contribution is 7.13. The Morgan fingerprint density at radius 2 is 2.04 bits per heavy atom. The minimum atomic E-state index is -0.000155. The van der Waals surface area contributed by atoms with Gasteiger partial charge in [-0.3, -0.25) is 9.59 Å². The van der Waals surface area contributed by atoms with Crippen molar-refractivity contribution in [1.82, 2.24) is 10.2 Å². The molecule has 0 radical (unpaired) electrons. The first-order valence-corrected chi connectivity index (χ1v) is 8.68. The standard InChI is InChI=1S/C16H25N3O2S.ClH/c1-11(17)3-6-15(20)19-9-7-13(8-10-19)18-16(21)14-5-4-12(2)22-14;/h4-5,11,13H,3,6-10,17H2,1-2H3,(H,18,21);1H. The Labute approximate surface area is 148 Å². The molecule has 1 fully saturated rings. The Hall–Kier alpha value is -1.11. The number of carbonyl (C=O) groups is 2. The van der Waals surface area contributed by atoms with Crippen LogP contribution in [0, 0.1) is 6.92 Å². The maximum Gasteiger partial charge on any atom is 0.261 e. The molecule has 0 bridgehead atoms. The van der Waals surface area contributed by atoms with E-state index >= 15 is 0 Å². The van der Waals surface area contributed by atoms with E-state index in [-0.39, 0.29) is 36.3 Å². The number of halogens is 1. The van der Waals surface area contributed by atoms with Crippen molar-refractivity contribution in [2.45, 2.75) is 51.6 Å². The van der Waals surface area contributed by atoms with E-state index in [0.29, 0.717) is 19.5 Å². The van der Waals surface area contributed by atoms with Gasteiger partial charge in [0.15, 0.2) is 0 Å². The van der Waals surface area contributed by atoms with Crippen LogP contribution in [0.2, 0.25) is 0 Å². The molecular formula is C16H26ClN3O2S. The van der Waals surface area contributed by atoms with Gasteiger partial charge in [0.1, 0.15) is 0 Å². The lowest BCUT2D eigenvalue weighted by Gasteiger charge is -2.32. The summed E-state index contributed by atoms with van der Waals surface area (Å²) in [6.07, 6.45) is 2.89. The van der Waals surface area contributed by atoms with Gasteiger partial charge >= 0.3 is 0 Å². The van der Waals surface area contributed by atoms with Crippen LogP contribution < -0.4 is 11.1 Å². The lowest BCUT2D eigenvalue weighted by Crippen LogP contribution is -2.46. The number of amides is 2. The fourth-order valence-electron chi connectivity index (χ4n) is 2.60. The molecular weight excluding hydrogens is 334 g/mol. The molecule has 0 aromatic carbocycles. The number of nitrogens with one attached hydrogen (secondary N) is 1. The Morgan fingerprint density at radius 3 is 2.57 bits per heavy atom. The van der Waals surface area contributed by atoms with Gasteiger partial charge in [-0.1, -0.05) is 0 Å². The molecule has 1 aliphatic heterocycles. The van der Waals surface area contributed by atoms with Crippen molar-refractivity contribution in [3.63, 3.8) is 0 Å². The number of likely N-dealkylation sites (tertiary alicyclic amines) is 1. The first-order valence-electron chi connectivity index (χ1n) is 7.86. The topological polar surface area (TPSA) is 75.4 Å². The van der Waals surface area contributed by atoms with Gasteiger partial charge in [0, 0.05) is 36.5 Å². The third-order valence-corrected chi connectivity index (χ3v) is 4.96. The molecule has 0 saturated carbocycles. The van der Waals surface area contributed by atoms with Crippen molar-refractivity contribution in [2.75, 3.05) is 13.1 Å². The second-order valence-corrected chi connectivity index (χ2v) is 7.34. The molecule has 130 valence electrons. The molecule has 5 nitrogen and oxygen atoms in total. The number of carbonyl (C=O) groups excluding carboxylic acids is 2. The zero-order chi connectivity index (χ0) is 16.1. The maximum atomic E-state index is 12.1. The van der Waals surface area contributed by atoms with Crippen LogP contribution in [0.15, 0.2) is 12.1 Å². The number of rotatable bonds is 5. The predicted octanol–water partition coefficient (Wildman–Crippen LogP) is 2.33. The fraction of sp³-hybridized carbons (Fsp3) is 0.625. The molecule has 23 heavy (non-hydrogen) atoms. The summed E-state index contributed by atoms with van der Waals surface area (Å²) < 4.78 is 0. The van der Waals surface area contributed by atoms with Crippen molar-refractivity contribution in [3.8, 4) is 0 Å². The van der Waals surface area contributed by atoms with Gasteiger partial charge in [-0.2, -0.15) is 0 Å². The van der Waals surface area contributed by atoms with Gasteiger partial charge in [0.2, 0.25) is 5.91 Å². The van der Waals surface area contributed by atoms with E-state index < -0.39 is 0 Å². The highest BCUT2D eigenvalue weighted by atomic mass is 35.5. The summed E-state index contributed by atoms with van der Waals surface area (Å²) in [5.74, 6) is 0.177. The largest absolute Gasteiger partial charge is 0.348 e. The van der Waals surface area contributed by atoms with E-state index in [1.807, 2.05) is 30.9 Å². The minimum Gasteiger partial charge on any atom is -0.348 e. The minimum absolute atomic E-state index is 0. The summed E-state index contributed by atoms with van der Waals surface area (Å²) >= 11 is 1.51. The predicted molar refractivity (Wildman–Crippen MR) is 96.3 cm³/mol. The fourth-order valence-corrected chi connectivity index (χ4v) is 3.37. The molecule has 1 saturated heterocycles. The number of nitrogens with two attached hydrogens (primary N) is 1. The van der Waals surface area contributed by atoms with Crippen LogP contribution in [0.3, 0.4) is 0 Å². The quantitative estimate of drug-likeness (QED) is 0.847. The van der Waals surface area contributed by atoms with Crippen LogP contribution in [0.5, 0.6) is 0 Å². The van der Waals surface area contributed by atoms with Crippen molar-refractivity contribution >= 4 is 35.6 Å². The molecule has 7 heteroatoms. The van der Waals surface area contributed by atoms with Crippen LogP contribution in [-0.2, 0) is 4.79 Å². The molecule has 3 N–H and O–H groups in total. The van der Waals surface area contributed by atoms with E-state index in [1.165, 1.54) is 11.3 Å². The highest BCUT2D eigenvalue weighted by Crippen LogP contribution is 2.17. The zero-order valence-electron chi connectivity index (χ0n) is 13.7. The smallest absolute Gasteiger partial charge is 0.261 e. The number of aryl methyl sites for hydroxylation is 1. The summed E-state index contributed by atoms with van der Waals surface area (Å²) in [6, 6.07) is 4.05. The summed E-state index contributed by atoms with van der Waals surface area (Å²) in [5, 5.41) is 3.07. The average Bonchev–Trinajstić information content (AvgIpc) is 2.92. The van der Waals surface area contributed by atoms with Crippen molar-refractivity contribution in [1.29, 1.82) is 0 Å². The van der Waals surface area contributed by atoms with Crippen molar-refractivity contribution < 1.29 is 9.59 Å². The second kappa shape index (κ2) is 9.25. The van der Waals surface area contributed by atoms with Crippen molar-refractivity contribution in [3.05, 3.63) is 21.9 Å². The summed E-state index contributed by atoms with van der Waals surface area (Å²) in [7, 11) is 0. The van der Waals surface area contributed by atoms with Gasteiger partial charge in [-0.25, -0.2) is 0 Å². The lowest BCUT2D eigenvalue weighted by molar-refractivity contribution is -0.132. The van der Waals surface area contributed by atoms with E-state index in [1.54, 1.807) is 0 Å². The average molecular weight is 360 g/mol. The van der Waals surface area contributed by atoms with Gasteiger partial charge < -0.3 is 16.0 Å². The third kappa shape index (κ3) is 6.12. The van der Waals surface area contributed by atoms with Crippen LogP contribution in [0.25, 0.3) is 0 Å². The van der Waals surface area contributed by atoms with Gasteiger partial charge in [-0.15, -0.1) is 23.7 Å². The molecule has 2 heterocycles.